The predicted molar refractivity (Wildman–Crippen MR) is 78.1 cm³/mol. The number of hydrogen-bond donors (Lipinski definition) is 2. The Kier molecular flexibility index (Phi) is 5.16. The maximum Gasteiger partial charge on any atom is 0.429 e. The van der Waals surface area contributed by atoms with E-state index in [0.717, 1.165) is 17.1 Å². The molecule has 1 aromatic carbocycles. The van der Waals surface area contributed by atoms with E-state index < -0.39 is 23.4 Å². The SMILES string of the molecule is CCN(Nc1ccc(C(F)(F)F)cc1N)C(=O)OC(C)(C)C. The van der Waals surface area contributed by atoms with Crippen LogP contribution in [-0.4, -0.2) is 23.2 Å². The Hall–Kier alpha value is -2.12. The van der Waals surface area contributed by atoms with Gasteiger partial charge in [-0.2, -0.15) is 13.2 Å². The van der Waals surface area contributed by atoms with Crippen molar-refractivity contribution in [1.29, 1.82) is 0 Å². The number of benzene rings is 1. The van der Waals surface area contributed by atoms with Gasteiger partial charge in [0.05, 0.1) is 16.9 Å². The number of ether oxygens (including phenoxy) is 1. The number of hydrogen-bond acceptors (Lipinski definition) is 4. The number of anilines is 2. The summed E-state index contributed by atoms with van der Waals surface area (Å²) in [4.78, 5) is 12.0. The third-order valence-corrected chi connectivity index (χ3v) is 2.56. The van der Waals surface area contributed by atoms with Crippen LogP contribution in [0.15, 0.2) is 18.2 Å². The van der Waals surface area contributed by atoms with Crippen molar-refractivity contribution in [3.63, 3.8) is 0 Å². The monoisotopic (exact) mass is 319 g/mol. The normalized spacial score (nSPS) is 12.0. The molecule has 0 bridgehead atoms. The van der Waals surface area contributed by atoms with E-state index in [9.17, 15) is 18.0 Å². The molecule has 0 aliphatic heterocycles. The van der Waals surface area contributed by atoms with Gasteiger partial charge in [-0.15, -0.1) is 0 Å². The molecule has 0 atom stereocenters. The van der Waals surface area contributed by atoms with Gasteiger partial charge in [-0.3, -0.25) is 5.43 Å². The molecule has 5 nitrogen and oxygen atoms in total. The topological polar surface area (TPSA) is 67.6 Å². The van der Waals surface area contributed by atoms with Crippen LogP contribution < -0.4 is 11.2 Å². The smallest absolute Gasteiger partial charge is 0.429 e. The van der Waals surface area contributed by atoms with Crippen molar-refractivity contribution in [3.05, 3.63) is 23.8 Å². The summed E-state index contributed by atoms with van der Waals surface area (Å²) < 4.78 is 42.9. The Morgan fingerprint density at radius 1 is 1.32 bits per heavy atom. The molecule has 22 heavy (non-hydrogen) atoms. The lowest BCUT2D eigenvalue weighted by Crippen LogP contribution is -2.40. The Morgan fingerprint density at radius 2 is 1.91 bits per heavy atom. The number of nitrogens with two attached hydrogens (primary N) is 1. The number of nitrogens with zero attached hydrogens (tertiary/aromatic N) is 1. The Bertz CT molecular complexity index is 539. The van der Waals surface area contributed by atoms with Gasteiger partial charge in [-0.1, -0.05) is 0 Å². The Morgan fingerprint density at radius 3 is 2.32 bits per heavy atom. The molecule has 0 fully saturated rings. The van der Waals surface area contributed by atoms with Crippen molar-refractivity contribution < 1.29 is 22.7 Å². The van der Waals surface area contributed by atoms with E-state index in [0.29, 0.717) is 0 Å². The van der Waals surface area contributed by atoms with Crippen LogP contribution in [0, 0.1) is 0 Å². The minimum Gasteiger partial charge on any atom is -0.442 e. The highest BCUT2D eigenvalue weighted by atomic mass is 19.4. The number of halogens is 3. The van der Waals surface area contributed by atoms with Gasteiger partial charge in [0.25, 0.3) is 0 Å². The minimum absolute atomic E-state index is 0.114. The molecular weight excluding hydrogens is 299 g/mol. The van der Waals surface area contributed by atoms with E-state index in [1.54, 1.807) is 27.7 Å². The number of amides is 1. The molecule has 0 saturated carbocycles. The molecular formula is C14H20F3N3O2. The van der Waals surface area contributed by atoms with E-state index in [4.69, 9.17) is 10.5 Å². The fourth-order valence-electron chi connectivity index (χ4n) is 1.56. The number of carbonyl (C=O) groups is 1. The zero-order chi connectivity index (χ0) is 17.1. The minimum atomic E-state index is -4.47. The quantitative estimate of drug-likeness (QED) is 0.655. The van der Waals surface area contributed by atoms with Crippen LogP contribution in [0.3, 0.4) is 0 Å². The maximum atomic E-state index is 12.6. The number of rotatable bonds is 3. The fraction of sp³-hybridized carbons (Fsp3) is 0.500. The average molecular weight is 319 g/mol. The van der Waals surface area contributed by atoms with Gasteiger partial charge in [-0.05, 0) is 45.9 Å². The summed E-state index contributed by atoms with van der Waals surface area (Å²) >= 11 is 0. The van der Waals surface area contributed by atoms with Gasteiger partial charge in [0.15, 0.2) is 0 Å². The molecule has 1 aromatic rings. The van der Waals surface area contributed by atoms with E-state index in [2.05, 4.69) is 5.43 Å². The molecule has 1 rings (SSSR count). The predicted octanol–water partition coefficient (Wildman–Crippen LogP) is 3.87. The summed E-state index contributed by atoms with van der Waals surface area (Å²) in [6.45, 7) is 7.08. The van der Waals surface area contributed by atoms with Crippen LogP contribution in [0.25, 0.3) is 0 Å². The van der Waals surface area contributed by atoms with E-state index >= 15 is 0 Å². The molecule has 124 valence electrons. The molecule has 0 radical (unpaired) electrons. The van der Waals surface area contributed by atoms with Crippen molar-refractivity contribution in [2.75, 3.05) is 17.7 Å². The van der Waals surface area contributed by atoms with Crippen molar-refractivity contribution in [1.82, 2.24) is 5.01 Å². The van der Waals surface area contributed by atoms with Crippen LogP contribution in [0.4, 0.5) is 29.3 Å². The summed E-state index contributed by atoms with van der Waals surface area (Å²) in [7, 11) is 0. The molecule has 0 unspecified atom stereocenters. The van der Waals surface area contributed by atoms with Crippen molar-refractivity contribution >= 4 is 17.5 Å². The zero-order valence-corrected chi connectivity index (χ0v) is 12.9. The first-order valence-corrected chi connectivity index (χ1v) is 6.68. The second kappa shape index (κ2) is 6.33. The molecule has 3 N–H and O–H groups in total. The third-order valence-electron chi connectivity index (χ3n) is 2.56. The average Bonchev–Trinajstić information content (AvgIpc) is 2.33. The molecule has 0 aliphatic rings. The third kappa shape index (κ3) is 5.01. The van der Waals surface area contributed by atoms with Crippen LogP contribution in [0.1, 0.15) is 33.3 Å². The highest BCUT2D eigenvalue weighted by Gasteiger charge is 2.31. The van der Waals surface area contributed by atoms with E-state index in [-0.39, 0.29) is 17.9 Å². The number of carbonyl (C=O) groups excluding carboxylic acids is 1. The van der Waals surface area contributed by atoms with Gasteiger partial charge in [0.2, 0.25) is 0 Å². The zero-order valence-electron chi connectivity index (χ0n) is 12.9. The van der Waals surface area contributed by atoms with Gasteiger partial charge in [0.1, 0.15) is 5.60 Å². The number of nitrogen functional groups attached to an aromatic ring is 1. The van der Waals surface area contributed by atoms with Crippen LogP contribution >= 0.6 is 0 Å². The lowest BCUT2D eigenvalue weighted by Gasteiger charge is -2.27. The van der Waals surface area contributed by atoms with Crippen molar-refractivity contribution in [3.8, 4) is 0 Å². The van der Waals surface area contributed by atoms with Gasteiger partial charge in [0, 0.05) is 6.54 Å². The van der Waals surface area contributed by atoms with Crippen molar-refractivity contribution in [2.24, 2.45) is 0 Å². The van der Waals surface area contributed by atoms with Gasteiger partial charge in [-0.25, -0.2) is 9.80 Å². The van der Waals surface area contributed by atoms with Gasteiger partial charge >= 0.3 is 12.3 Å². The van der Waals surface area contributed by atoms with Crippen molar-refractivity contribution in [2.45, 2.75) is 39.5 Å². The van der Waals surface area contributed by atoms with Crippen LogP contribution in [-0.2, 0) is 10.9 Å². The molecule has 0 heterocycles. The standard InChI is InChI=1S/C14H20F3N3O2/c1-5-20(12(21)22-13(2,3)4)19-11-7-6-9(8-10(11)18)14(15,16)17/h6-8,19H,5,18H2,1-4H3. The number of nitrogens with one attached hydrogen (secondary N) is 1. The fourth-order valence-corrected chi connectivity index (χ4v) is 1.56. The summed E-state index contributed by atoms with van der Waals surface area (Å²) in [5, 5.41) is 1.13. The molecule has 0 saturated heterocycles. The summed E-state index contributed by atoms with van der Waals surface area (Å²) in [6, 6.07) is 2.87. The first kappa shape index (κ1) is 17.9. The molecule has 0 aliphatic carbocycles. The number of hydrazine groups is 1. The van der Waals surface area contributed by atoms with Crippen LogP contribution in [0.5, 0.6) is 0 Å². The summed E-state index contributed by atoms with van der Waals surface area (Å²) in [6.07, 6.45) is -5.11. The summed E-state index contributed by atoms with van der Waals surface area (Å²) in [5.41, 5.74) is 6.82. The first-order chi connectivity index (χ1) is 9.94. The molecule has 8 heteroatoms. The largest absolute Gasteiger partial charge is 0.442 e. The molecule has 1 amide bonds. The highest BCUT2D eigenvalue weighted by Crippen LogP contribution is 2.33. The second-order valence-corrected chi connectivity index (χ2v) is 5.64. The van der Waals surface area contributed by atoms with E-state index in [1.165, 1.54) is 6.07 Å². The summed E-state index contributed by atoms with van der Waals surface area (Å²) in [5.74, 6) is 0. The maximum absolute atomic E-state index is 12.6. The molecule has 0 aromatic heterocycles. The highest BCUT2D eigenvalue weighted by molar-refractivity contribution is 5.74. The second-order valence-electron chi connectivity index (χ2n) is 5.64. The first-order valence-electron chi connectivity index (χ1n) is 6.68. The number of alkyl halides is 3. The lowest BCUT2D eigenvalue weighted by molar-refractivity contribution is -0.137. The molecule has 0 spiro atoms. The van der Waals surface area contributed by atoms with Crippen LogP contribution in [0.2, 0.25) is 0 Å². The lowest BCUT2D eigenvalue weighted by atomic mass is 10.1. The Labute approximate surface area is 127 Å². The van der Waals surface area contributed by atoms with Gasteiger partial charge < -0.3 is 10.5 Å². The Balaban J connectivity index is 2.90. The van der Waals surface area contributed by atoms with E-state index in [1.807, 2.05) is 0 Å².